The van der Waals surface area contributed by atoms with Gasteiger partial charge in [0.25, 0.3) is 0 Å². The van der Waals surface area contributed by atoms with E-state index in [1.54, 1.807) is 25.9 Å². The van der Waals surface area contributed by atoms with Crippen LogP contribution in [0.15, 0.2) is 16.3 Å². The molecule has 1 saturated carbocycles. The van der Waals surface area contributed by atoms with Gasteiger partial charge in [0.2, 0.25) is 5.78 Å². The number of aryl methyl sites for hydroxylation is 1. The van der Waals surface area contributed by atoms with Crippen molar-refractivity contribution in [2.45, 2.75) is 44.9 Å². The third-order valence-corrected chi connectivity index (χ3v) is 4.15. The van der Waals surface area contributed by atoms with E-state index in [0.717, 1.165) is 25.7 Å². The molecule has 0 aromatic carbocycles. The minimum absolute atomic E-state index is 0.0131. The molecule has 0 N–H and O–H groups in total. The van der Waals surface area contributed by atoms with Gasteiger partial charge < -0.3 is 14.2 Å². The first-order chi connectivity index (χ1) is 11.0. The number of rotatable bonds is 5. The van der Waals surface area contributed by atoms with Crippen molar-refractivity contribution in [3.8, 4) is 0 Å². The first-order valence-electron chi connectivity index (χ1n) is 7.93. The Kier molecular flexibility index (Phi) is 5.58. The Hall–Kier alpha value is -2.11. The van der Waals surface area contributed by atoms with E-state index < -0.39 is 5.97 Å². The summed E-state index contributed by atoms with van der Waals surface area (Å²) in [5.74, 6) is -0.369. The maximum Gasteiger partial charge on any atom is 0.343 e. The van der Waals surface area contributed by atoms with Crippen LogP contribution in [-0.4, -0.2) is 43.0 Å². The zero-order valence-corrected chi connectivity index (χ0v) is 14.2. The van der Waals surface area contributed by atoms with Crippen molar-refractivity contribution >= 4 is 11.8 Å². The monoisotopic (exact) mass is 320 g/mol. The average molecular weight is 320 g/mol. The van der Waals surface area contributed by atoms with Crippen LogP contribution in [0.25, 0.3) is 0 Å². The largest absolute Gasteiger partial charge is 0.465 e. The Morgan fingerprint density at radius 1 is 1.26 bits per heavy atom. The molecule has 6 nitrogen and oxygen atoms in total. The second kappa shape index (κ2) is 7.44. The van der Waals surface area contributed by atoms with Crippen LogP contribution in [0.4, 0.5) is 0 Å². The smallest absolute Gasteiger partial charge is 0.343 e. The highest BCUT2D eigenvalue weighted by Crippen LogP contribution is 2.35. The molecule has 1 aliphatic carbocycles. The van der Waals surface area contributed by atoms with Crippen LogP contribution in [0.3, 0.4) is 0 Å². The van der Waals surface area contributed by atoms with Crippen LogP contribution >= 0.6 is 0 Å². The fourth-order valence-electron chi connectivity index (χ4n) is 3.03. The third-order valence-electron chi connectivity index (χ3n) is 4.15. The number of ether oxygens (including phenoxy) is 1. The highest BCUT2D eigenvalue weighted by Gasteiger charge is 2.31. The van der Waals surface area contributed by atoms with Crippen molar-refractivity contribution in [3.63, 3.8) is 0 Å². The fourth-order valence-corrected chi connectivity index (χ4v) is 3.03. The fraction of sp³-hybridized carbons (Fsp3) is 0.588. The molecule has 1 heterocycles. The predicted molar refractivity (Wildman–Crippen MR) is 85.2 cm³/mol. The Morgan fingerprint density at radius 3 is 2.48 bits per heavy atom. The van der Waals surface area contributed by atoms with Crippen LogP contribution in [0, 0.1) is 6.92 Å². The van der Waals surface area contributed by atoms with Gasteiger partial charge in [0.05, 0.1) is 18.4 Å². The van der Waals surface area contributed by atoms with Gasteiger partial charge in [-0.1, -0.05) is 24.4 Å². The molecule has 23 heavy (non-hydrogen) atoms. The van der Waals surface area contributed by atoms with Gasteiger partial charge in [-0.2, -0.15) is 0 Å². The van der Waals surface area contributed by atoms with E-state index in [1.165, 1.54) is 19.7 Å². The van der Waals surface area contributed by atoms with Crippen molar-refractivity contribution in [1.82, 2.24) is 10.1 Å². The summed E-state index contributed by atoms with van der Waals surface area (Å²) in [6, 6.07) is 0. The van der Waals surface area contributed by atoms with Crippen LogP contribution < -0.4 is 0 Å². The topological polar surface area (TPSA) is 72.6 Å². The molecule has 6 heteroatoms. The normalized spacial score (nSPS) is 16.3. The van der Waals surface area contributed by atoms with Crippen LogP contribution in [-0.2, 0) is 9.53 Å². The molecule has 126 valence electrons. The zero-order chi connectivity index (χ0) is 17.0. The first kappa shape index (κ1) is 17.2. The molecule has 1 fully saturated rings. The van der Waals surface area contributed by atoms with Crippen molar-refractivity contribution in [2.75, 3.05) is 21.2 Å². The average Bonchev–Trinajstić information content (AvgIpc) is 2.93. The lowest BCUT2D eigenvalue weighted by molar-refractivity contribution is -0.135. The molecule has 1 aromatic rings. The lowest BCUT2D eigenvalue weighted by Gasteiger charge is -2.20. The van der Waals surface area contributed by atoms with E-state index >= 15 is 0 Å². The van der Waals surface area contributed by atoms with Crippen molar-refractivity contribution in [3.05, 3.63) is 28.8 Å². The van der Waals surface area contributed by atoms with Gasteiger partial charge in [0, 0.05) is 26.2 Å². The molecule has 0 amide bonds. The molecule has 0 radical (unpaired) electrons. The number of ketones is 1. The first-order valence-corrected chi connectivity index (χ1v) is 7.93. The van der Waals surface area contributed by atoms with E-state index in [1.807, 2.05) is 0 Å². The van der Waals surface area contributed by atoms with E-state index in [9.17, 15) is 9.59 Å². The number of nitrogens with zero attached hydrogens (tertiary/aromatic N) is 2. The molecule has 1 aliphatic rings. The molecular formula is C17H24N2O4. The molecule has 0 saturated heterocycles. The third kappa shape index (κ3) is 3.81. The van der Waals surface area contributed by atoms with Gasteiger partial charge in [0.1, 0.15) is 11.3 Å². The summed E-state index contributed by atoms with van der Waals surface area (Å²) >= 11 is 0. The maximum atomic E-state index is 12.9. The van der Waals surface area contributed by atoms with Gasteiger partial charge >= 0.3 is 5.97 Å². The summed E-state index contributed by atoms with van der Waals surface area (Å²) < 4.78 is 10.0. The molecule has 0 unspecified atom stereocenters. The number of aromatic nitrogens is 1. The van der Waals surface area contributed by atoms with E-state index in [4.69, 9.17) is 9.26 Å². The van der Waals surface area contributed by atoms with E-state index in [-0.39, 0.29) is 17.3 Å². The molecule has 2 rings (SSSR count). The molecule has 0 bridgehead atoms. The molecule has 0 atom stereocenters. The Labute approximate surface area is 136 Å². The summed E-state index contributed by atoms with van der Waals surface area (Å²) in [6.07, 6.45) is 6.94. The minimum Gasteiger partial charge on any atom is -0.465 e. The van der Waals surface area contributed by atoms with Crippen LogP contribution in [0.5, 0.6) is 0 Å². The number of methoxy groups -OCH3 is 1. The maximum absolute atomic E-state index is 12.9. The van der Waals surface area contributed by atoms with Crippen molar-refractivity contribution in [2.24, 2.45) is 0 Å². The number of hydrogen-bond acceptors (Lipinski definition) is 6. The summed E-state index contributed by atoms with van der Waals surface area (Å²) in [4.78, 5) is 26.6. The number of Topliss-reactive ketones (excluding diaryl/α,β-unsaturated/α-hetero) is 1. The summed E-state index contributed by atoms with van der Waals surface area (Å²) in [5.41, 5.74) is 1.08. The second-order valence-electron chi connectivity index (χ2n) is 6.16. The summed E-state index contributed by atoms with van der Waals surface area (Å²) in [7, 11) is 4.76. The van der Waals surface area contributed by atoms with E-state index in [0.29, 0.717) is 17.0 Å². The number of carbonyl (C=O) groups excluding carboxylic acids is 2. The van der Waals surface area contributed by atoms with Gasteiger partial charge in [-0.05, 0) is 19.8 Å². The van der Waals surface area contributed by atoms with Gasteiger partial charge in [0.15, 0.2) is 0 Å². The predicted octanol–water partition coefficient (Wildman–Crippen LogP) is 2.83. The molecular weight excluding hydrogens is 296 g/mol. The van der Waals surface area contributed by atoms with Crippen molar-refractivity contribution in [1.29, 1.82) is 0 Å². The standard InChI is InChI=1S/C17H24N2O4/c1-11-14(15(18-23-11)12-8-6-5-7-9-12)16(20)13(10-19(2)3)17(21)22-4/h10,12H,5-9H2,1-4H3. The van der Waals surface area contributed by atoms with Gasteiger partial charge in [-0.3, -0.25) is 4.79 Å². The second-order valence-corrected chi connectivity index (χ2v) is 6.16. The Bertz CT molecular complexity index is 610. The Balaban J connectivity index is 2.41. The summed E-state index contributed by atoms with van der Waals surface area (Å²) in [5, 5.41) is 4.12. The lowest BCUT2D eigenvalue weighted by Crippen LogP contribution is -2.20. The van der Waals surface area contributed by atoms with Gasteiger partial charge in [-0.15, -0.1) is 0 Å². The molecule has 1 aromatic heterocycles. The number of carbonyl (C=O) groups is 2. The SMILES string of the molecule is COC(=O)C(=CN(C)C)C(=O)c1c(C2CCCCC2)noc1C. The zero-order valence-electron chi connectivity index (χ0n) is 14.2. The number of esters is 1. The lowest BCUT2D eigenvalue weighted by atomic mass is 9.84. The van der Waals surface area contributed by atoms with Crippen LogP contribution in [0.1, 0.15) is 59.8 Å². The minimum atomic E-state index is -0.654. The van der Waals surface area contributed by atoms with Crippen molar-refractivity contribution < 1.29 is 18.8 Å². The molecule has 0 spiro atoms. The van der Waals surface area contributed by atoms with Crippen LogP contribution in [0.2, 0.25) is 0 Å². The Morgan fingerprint density at radius 2 is 1.91 bits per heavy atom. The van der Waals surface area contributed by atoms with Gasteiger partial charge in [-0.25, -0.2) is 4.79 Å². The molecule has 0 aliphatic heterocycles. The highest BCUT2D eigenvalue weighted by atomic mass is 16.5. The van der Waals surface area contributed by atoms with E-state index in [2.05, 4.69) is 5.16 Å². The highest BCUT2D eigenvalue weighted by molar-refractivity contribution is 6.24. The summed E-state index contributed by atoms with van der Waals surface area (Å²) in [6.45, 7) is 1.71. The quantitative estimate of drug-likeness (QED) is 0.273. The number of hydrogen-bond donors (Lipinski definition) is 0.